The Hall–Kier alpha value is -2.30. The van der Waals surface area contributed by atoms with Crippen molar-refractivity contribution in [2.24, 2.45) is 0 Å². The highest BCUT2D eigenvalue weighted by Gasteiger charge is 2.12. The number of hydrogen-bond acceptors (Lipinski definition) is 3. The molecule has 0 fully saturated rings. The van der Waals surface area contributed by atoms with Gasteiger partial charge in [-0.05, 0) is 26.0 Å². The van der Waals surface area contributed by atoms with Crippen LogP contribution >= 0.6 is 0 Å². The van der Waals surface area contributed by atoms with Crippen LogP contribution in [-0.4, -0.2) is 28.0 Å². The van der Waals surface area contributed by atoms with Crippen LogP contribution in [0.25, 0.3) is 0 Å². The summed E-state index contributed by atoms with van der Waals surface area (Å²) < 4.78 is 6.98. The lowest BCUT2D eigenvalue weighted by atomic mass is 10.1. The molecule has 1 N–H and O–H groups in total. The van der Waals surface area contributed by atoms with Crippen LogP contribution in [0.4, 0.5) is 0 Å². The number of aromatic nitrogens is 2. The minimum absolute atomic E-state index is 0.0594. The van der Waals surface area contributed by atoms with E-state index in [1.54, 1.807) is 17.9 Å². The quantitative estimate of drug-likeness (QED) is 0.915. The molecule has 0 amide bonds. The first-order valence-corrected chi connectivity index (χ1v) is 5.92. The highest BCUT2D eigenvalue weighted by Crippen LogP contribution is 2.21. The maximum atomic E-state index is 10.9. The topological polar surface area (TPSA) is 64.4 Å². The molecule has 2 rings (SSSR count). The standard InChI is InChI=1S/C14H16N2O3/c1-9-4-5-13(19-3)11(6-9)8-16-10(2)7-12(15-16)14(17)18/h4-7H,8H2,1-3H3,(H,17,18). The Morgan fingerprint density at radius 2 is 2.11 bits per heavy atom. The van der Waals surface area contributed by atoms with Gasteiger partial charge in [-0.25, -0.2) is 4.79 Å². The van der Waals surface area contributed by atoms with Crippen LogP contribution in [-0.2, 0) is 6.54 Å². The molecule has 19 heavy (non-hydrogen) atoms. The molecule has 0 bridgehead atoms. The van der Waals surface area contributed by atoms with Gasteiger partial charge in [0, 0.05) is 11.3 Å². The third kappa shape index (κ3) is 2.76. The number of methoxy groups -OCH3 is 1. The lowest BCUT2D eigenvalue weighted by Crippen LogP contribution is -2.07. The highest BCUT2D eigenvalue weighted by molar-refractivity contribution is 5.85. The first-order valence-electron chi connectivity index (χ1n) is 5.92. The average Bonchev–Trinajstić information content (AvgIpc) is 2.72. The van der Waals surface area contributed by atoms with Crippen molar-refractivity contribution in [2.45, 2.75) is 20.4 Å². The molecule has 2 aromatic rings. The molecule has 0 atom stereocenters. The first-order chi connectivity index (χ1) is 9.01. The first kappa shape index (κ1) is 13.1. The van der Waals surface area contributed by atoms with Gasteiger partial charge in [0.1, 0.15) is 5.75 Å². The summed E-state index contributed by atoms with van der Waals surface area (Å²) in [6, 6.07) is 7.45. The van der Waals surface area contributed by atoms with Crippen molar-refractivity contribution in [3.05, 3.63) is 46.8 Å². The molecule has 0 unspecified atom stereocenters. The van der Waals surface area contributed by atoms with E-state index in [0.29, 0.717) is 6.54 Å². The molecule has 100 valence electrons. The molecular formula is C14H16N2O3. The van der Waals surface area contributed by atoms with E-state index in [2.05, 4.69) is 5.10 Å². The fraction of sp³-hybridized carbons (Fsp3) is 0.286. The molecule has 1 aromatic carbocycles. The Morgan fingerprint density at radius 1 is 1.37 bits per heavy atom. The van der Waals surface area contributed by atoms with Gasteiger partial charge in [0.15, 0.2) is 5.69 Å². The van der Waals surface area contributed by atoms with Crippen LogP contribution in [0, 0.1) is 13.8 Å². The smallest absolute Gasteiger partial charge is 0.356 e. The molecule has 0 aliphatic carbocycles. The van der Waals surface area contributed by atoms with E-state index in [0.717, 1.165) is 22.6 Å². The molecule has 0 radical (unpaired) electrons. The largest absolute Gasteiger partial charge is 0.496 e. The molecule has 0 aliphatic rings. The fourth-order valence-electron chi connectivity index (χ4n) is 1.97. The number of carboxylic acids is 1. The number of aryl methyl sites for hydroxylation is 2. The van der Waals surface area contributed by atoms with Crippen molar-refractivity contribution in [1.82, 2.24) is 9.78 Å². The highest BCUT2D eigenvalue weighted by atomic mass is 16.5. The number of hydrogen-bond donors (Lipinski definition) is 1. The minimum atomic E-state index is -1.02. The van der Waals surface area contributed by atoms with Crippen molar-refractivity contribution < 1.29 is 14.6 Å². The normalized spacial score (nSPS) is 10.5. The fourth-order valence-corrected chi connectivity index (χ4v) is 1.97. The third-order valence-electron chi connectivity index (χ3n) is 2.96. The Bertz CT molecular complexity index is 617. The van der Waals surface area contributed by atoms with Crippen molar-refractivity contribution in [2.75, 3.05) is 7.11 Å². The van der Waals surface area contributed by atoms with Gasteiger partial charge in [0.2, 0.25) is 0 Å². The van der Waals surface area contributed by atoms with E-state index in [1.807, 2.05) is 32.0 Å². The molecule has 5 heteroatoms. The van der Waals surface area contributed by atoms with E-state index >= 15 is 0 Å². The van der Waals surface area contributed by atoms with Gasteiger partial charge in [0.05, 0.1) is 13.7 Å². The minimum Gasteiger partial charge on any atom is -0.496 e. The molecule has 0 spiro atoms. The van der Waals surface area contributed by atoms with Gasteiger partial charge < -0.3 is 9.84 Å². The second-order valence-corrected chi connectivity index (χ2v) is 4.45. The maximum Gasteiger partial charge on any atom is 0.356 e. The summed E-state index contributed by atoms with van der Waals surface area (Å²) in [4.78, 5) is 10.9. The van der Waals surface area contributed by atoms with Crippen LogP contribution in [0.15, 0.2) is 24.3 Å². The van der Waals surface area contributed by atoms with Crippen LogP contribution in [0.5, 0.6) is 5.75 Å². The van der Waals surface area contributed by atoms with E-state index in [-0.39, 0.29) is 5.69 Å². The molecule has 1 heterocycles. The number of ether oxygens (including phenoxy) is 1. The number of nitrogens with zero attached hydrogens (tertiary/aromatic N) is 2. The van der Waals surface area contributed by atoms with Crippen molar-refractivity contribution >= 4 is 5.97 Å². The summed E-state index contributed by atoms with van der Waals surface area (Å²) in [6.45, 7) is 4.33. The van der Waals surface area contributed by atoms with Gasteiger partial charge in [-0.3, -0.25) is 4.68 Å². The van der Waals surface area contributed by atoms with Crippen molar-refractivity contribution in [1.29, 1.82) is 0 Å². The van der Waals surface area contributed by atoms with Gasteiger partial charge in [-0.1, -0.05) is 17.7 Å². The zero-order chi connectivity index (χ0) is 14.0. The van der Waals surface area contributed by atoms with Crippen molar-refractivity contribution in [3.63, 3.8) is 0 Å². The molecule has 0 saturated carbocycles. The lowest BCUT2D eigenvalue weighted by Gasteiger charge is -2.10. The number of aromatic carboxylic acids is 1. The second-order valence-electron chi connectivity index (χ2n) is 4.45. The SMILES string of the molecule is COc1ccc(C)cc1Cn1nc(C(=O)O)cc1C. The molecule has 1 aromatic heterocycles. The predicted molar refractivity (Wildman–Crippen MR) is 70.8 cm³/mol. The van der Waals surface area contributed by atoms with Crippen LogP contribution in [0.3, 0.4) is 0 Å². The Morgan fingerprint density at radius 3 is 2.68 bits per heavy atom. The van der Waals surface area contributed by atoms with Crippen LogP contribution in [0.2, 0.25) is 0 Å². The van der Waals surface area contributed by atoms with Gasteiger partial charge in [-0.15, -0.1) is 0 Å². The monoisotopic (exact) mass is 260 g/mol. The Labute approximate surface area is 111 Å². The number of benzene rings is 1. The van der Waals surface area contributed by atoms with E-state index in [9.17, 15) is 4.79 Å². The molecule has 0 aliphatic heterocycles. The second kappa shape index (κ2) is 5.14. The van der Waals surface area contributed by atoms with E-state index in [4.69, 9.17) is 9.84 Å². The Kier molecular flexibility index (Phi) is 3.55. The summed E-state index contributed by atoms with van der Waals surface area (Å²) in [5.41, 5.74) is 2.97. The summed E-state index contributed by atoms with van der Waals surface area (Å²) in [6.07, 6.45) is 0. The van der Waals surface area contributed by atoms with E-state index in [1.165, 1.54) is 0 Å². The average molecular weight is 260 g/mol. The van der Waals surface area contributed by atoms with Crippen LogP contribution < -0.4 is 4.74 Å². The number of rotatable bonds is 4. The van der Waals surface area contributed by atoms with Gasteiger partial charge in [0.25, 0.3) is 0 Å². The lowest BCUT2D eigenvalue weighted by molar-refractivity contribution is 0.0689. The molecule has 5 nitrogen and oxygen atoms in total. The van der Waals surface area contributed by atoms with Gasteiger partial charge >= 0.3 is 5.97 Å². The van der Waals surface area contributed by atoms with E-state index < -0.39 is 5.97 Å². The number of carboxylic acid groups (broad SMARTS) is 1. The zero-order valence-corrected chi connectivity index (χ0v) is 11.2. The summed E-state index contributed by atoms with van der Waals surface area (Å²) in [5, 5.41) is 13.0. The zero-order valence-electron chi connectivity index (χ0n) is 11.2. The summed E-state index contributed by atoms with van der Waals surface area (Å²) >= 11 is 0. The molecular weight excluding hydrogens is 244 g/mol. The number of carbonyl (C=O) groups is 1. The van der Waals surface area contributed by atoms with Crippen LogP contribution in [0.1, 0.15) is 27.3 Å². The van der Waals surface area contributed by atoms with Gasteiger partial charge in [-0.2, -0.15) is 5.10 Å². The molecule has 0 saturated heterocycles. The summed E-state index contributed by atoms with van der Waals surface area (Å²) in [5.74, 6) is -0.240. The Balaban J connectivity index is 2.35. The van der Waals surface area contributed by atoms with Crippen molar-refractivity contribution in [3.8, 4) is 5.75 Å². The summed E-state index contributed by atoms with van der Waals surface area (Å²) in [7, 11) is 1.62. The maximum absolute atomic E-state index is 10.9. The third-order valence-corrected chi connectivity index (χ3v) is 2.96. The predicted octanol–water partition coefficient (Wildman–Crippen LogP) is 2.26.